The van der Waals surface area contributed by atoms with E-state index in [-0.39, 0.29) is 18.6 Å². The van der Waals surface area contributed by atoms with Gasteiger partial charge in [-0.3, -0.25) is 4.79 Å². The number of piperidine rings is 1. The fourth-order valence-corrected chi connectivity index (χ4v) is 2.99. The minimum atomic E-state index is -0.0607. The Kier molecular flexibility index (Phi) is 4.76. The second-order valence-corrected chi connectivity index (χ2v) is 5.65. The van der Waals surface area contributed by atoms with Crippen molar-refractivity contribution in [1.29, 1.82) is 0 Å². The summed E-state index contributed by atoms with van der Waals surface area (Å²) in [6, 6.07) is 1.72. The van der Waals surface area contributed by atoms with Gasteiger partial charge in [-0.15, -0.1) is 0 Å². The highest BCUT2D eigenvalue weighted by Gasteiger charge is 2.29. The van der Waals surface area contributed by atoms with Crippen LogP contribution < -0.4 is 0 Å². The molecule has 1 aromatic rings. The molecule has 1 amide bonds. The zero-order valence-electron chi connectivity index (χ0n) is 10.9. The van der Waals surface area contributed by atoms with E-state index in [1.54, 1.807) is 17.7 Å². The van der Waals surface area contributed by atoms with Gasteiger partial charge in [0.15, 0.2) is 0 Å². The highest BCUT2D eigenvalue weighted by atomic mass is 35.5. The molecule has 0 bridgehead atoms. The molecule has 4 nitrogen and oxygen atoms in total. The largest absolute Gasteiger partial charge is 0.396 e. The van der Waals surface area contributed by atoms with Crippen molar-refractivity contribution in [3.05, 3.63) is 21.9 Å². The van der Waals surface area contributed by atoms with E-state index in [0.29, 0.717) is 22.3 Å². The van der Waals surface area contributed by atoms with Gasteiger partial charge in [-0.2, -0.15) is 0 Å². The van der Waals surface area contributed by atoms with Crippen molar-refractivity contribution >= 4 is 29.1 Å². The topological polar surface area (TPSA) is 45.5 Å². The highest BCUT2D eigenvalue weighted by Crippen LogP contribution is 2.28. The Morgan fingerprint density at radius 2 is 2.21 bits per heavy atom. The van der Waals surface area contributed by atoms with Crippen LogP contribution in [-0.4, -0.2) is 39.7 Å². The van der Waals surface area contributed by atoms with Crippen molar-refractivity contribution in [3.8, 4) is 0 Å². The Morgan fingerprint density at radius 1 is 1.47 bits per heavy atom. The van der Waals surface area contributed by atoms with Crippen LogP contribution in [0.2, 0.25) is 10.2 Å². The van der Waals surface area contributed by atoms with Crippen molar-refractivity contribution in [2.24, 2.45) is 7.05 Å². The van der Waals surface area contributed by atoms with Gasteiger partial charge in [0.25, 0.3) is 5.91 Å². The lowest BCUT2D eigenvalue weighted by Crippen LogP contribution is -2.44. The van der Waals surface area contributed by atoms with E-state index >= 15 is 0 Å². The molecule has 0 spiro atoms. The number of hydrogen-bond donors (Lipinski definition) is 1. The van der Waals surface area contributed by atoms with Gasteiger partial charge < -0.3 is 14.6 Å². The first-order valence-corrected chi connectivity index (χ1v) is 7.24. The summed E-state index contributed by atoms with van der Waals surface area (Å²) in [6.07, 6.45) is 3.67. The number of aromatic nitrogens is 1. The summed E-state index contributed by atoms with van der Waals surface area (Å²) in [6.45, 7) is 0.826. The van der Waals surface area contributed by atoms with Crippen LogP contribution in [0.3, 0.4) is 0 Å². The van der Waals surface area contributed by atoms with Gasteiger partial charge in [-0.25, -0.2) is 0 Å². The summed E-state index contributed by atoms with van der Waals surface area (Å²) < 4.78 is 1.61. The lowest BCUT2D eigenvalue weighted by Gasteiger charge is -2.35. The summed E-state index contributed by atoms with van der Waals surface area (Å²) >= 11 is 12.0. The molecule has 1 atom stereocenters. The van der Waals surface area contributed by atoms with Gasteiger partial charge in [0.05, 0.1) is 5.02 Å². The Hall–Kier alpha value is -0.710. The molecule has 0 aliphatic carbocycles. The molecule has 0 aromatic carbocycles. The third-order valence-corrected chi connectivity index (χ3v) is 4.53. The molecular formula is C13H18Cl2N2O2. The summed E-state index contributed by atoms with van der Waals surface area (Å²) in [5.41, 5.74) is 0.500. The fraction of sp³-hybridized carbons (Fsp3) is 0.615. The molecule has 1 N–H and O–H groups in total. The van der Waals surface area contributed by atoms with Gasteiger partial charge in [-0.1, -0.05) is 23.2 Å². The zero-order chi connectivity index (χ0) is 14.0. The van der Waals surface area contributed by atoms with E-state index in [4.69, 9.17) is 28.3 Å². The van der Waals surface area contributed by atoms with Crippen molar-refractivity contribution < 1.29 is 9.90 Å². The van der Waals surface area contributed by atoms with Crippen LogP contribution in [0.4, 0.5) is 0 Å². The number of carbonyl (C=O) groups is 1. The van der Waals surface area contributed by atoms with Crippen molar-refractivity contribution in [2.75, 3.05) is 13.2 Å². The molecule has 1 fully saturated rings. The third kappa shape index (κ3) is 2.91. The molecule has 2 heterocycles. The number of hydrogen-bond acceptors (Lipinski definition) is 2. The van der Waals surface area contributed by atoms with E-state index in [2.05, 4.69) is 0 Å². The van der Waals surface area contributed by atoms with Crippen LogP contribution in [0, 0.1) is 0 Å². The molecule has 2 rings (SSSR count). The molecule has 0 saturated carbocycles. The summed E-state index contributed by atoms with van der Waals surface area (Å²) in [7, 11) is 1.73. The molecule has 1 aliphatic heterocycles. The Bertz CT molecular complexity index is 471. The first kappa shape index (κ1) is 14.7. The maximum Gasteiger partial charge on any atom is 0.270 e. The SMILES string of the molecule is Cn1c(C(=O)N2CCCCC2CCO)cc(Cl)c1Cl. The number of amides is 1. The van der Waals surface area contributed by atoms with Crippen LogP contribution in [0.25, 0.3) is 0 Å². The quantitative estimate of drug-likeness (QED) is 0.933. The number of aliphatic hydroxyl groups is 1. The number of rotatable bonds is 3. The molecule has 1 aliphatic rings. The molecule has 19 heavy (non-hydrogen) atoms. The lowest BCUT2D eigenvalue weighted by atomic mass is 9.99. The highest BCUT2D eigenvalue weighted by molar-refractivity contribution is 6.41. The number of likely N-dealkylation sites (tertiary alicyclic amines) is 1. The minimum Gasteiger partial charge on any atom is -0.396 e. The molecule has 1 aromatic heterocycles. The van der Waals surface area contributed by atoms with E-state index in [0.717, 1.165) is 25.8 Å². The minimum absolute atomic E-state index is 0.0607. The zero-order valence-corrected chi connectivity index (χ0v) is 12.4. The third-order valence-electron chi connectivity index (χ3n) is 3.69. The molecule has 6 heteroatoms. The summed E-state index contributed by atoms with van der Waals surface area (Å²) in [5.74, 6) is -0.0607. The van der Waals surface area contributed by atoms with Gasteiger partial charge in [-0.05, 0) is 31.7 Å². The number of carbonyl (C=O) groups excluding carboxylic acids is 1. The van der Waals surface area contributed by atoms with Gasteiger partial charge in [0.2, 0.25) is 0 Å². The smallest absolute Gasteiger partial charge is 0.270 e. The van der Waals surface area contributed by atoms with Gasteiger partial charge >= 0.3 is 0 Å². The first-order chi connectivity index (χ1) is 9.06. The average molecular weight is 305 g/mol. The normalized spacial score (nSPS) is 19.8. The van der Waals surface area contributed by atoms with Crippen molar-refractivity contribution in [2.45, 2.75) is 31.7 Å². The summed E-state index contributed by atoms with van der Waals surface area (Å²) in [4.78, 5) is 14.4. The average Bonchev–Trinajstić information content (AvgIpc) is 2.67. The Morgan fingerprint density at radius 3 is 2.79 bits per heavy atom. The molecular weight excluding hydrogens is 287 g/mol. The number of nitrogens with zero attached hydrogens (tertiary/aromatic N) is 2. The second kappa shape index (κ2) is 6.16. The Labute approximate surface area is 122 Å². The van der Waals surface area contributed by atoms with E-state index in [1.165, 1.54) is 0 Å². The Balaban J connectivity index is 2.23. The van der Waals surface area contributed by atoms with Crippen molar-refractivity contribution in [1.82, 2.24) is 9.47 Å². The van der Waals surface area contributed by atoms with Gasteiger partial charge in [0.1, 0.15) is 10.8 Å². The van der Waals surface area contributed by atoms with Crippen molar-refractivity contribution in [3.63, 3.8) is 0 Å². The second-order valence-electron chi connectivity index (χ2n) is 4.89. The van der Waals surface area contributed by atoms with E-state index in [9.17, 15) is 4.79 Å². The van der Waals surface area contributed by atoms with Gasteiger partial charge in [0, 0.05) is 26.2 Å². The molecule has 1 unspecified atom stereocenters. The fourth-order valence-electron chi connectivity index (χ4n) is 2.61. The van der Waals surface area contributed by atoms with Crippen LogP contribution in [0.5, 0.6) is 0 Å². The maximum absolute atomic E-state index is 12.6. The van der Waals surface area contributed by atoms with Crippen LogP contribution in [0.1, 0.15) is 36.2 Å². The maximum atomic E-state index is 12.6. The van der Waals surface area contributed by atoms with Crippen LogP contribution in [0.15, 0.2) is 6.07 Å². The van der Waals surface area contributed by atoms with E-state index in [1.807, 2.05) is 4.90 Å². The van der Waals surface area contributed by atoms with Crippen LogP contribution >= 0.6 is 23.2 Å². The monoisotopic (exact) mass is 304 g/mol. The molecule has 0 radical (unpaired) electrons. The molecule has 106 valence electrons. The van der Waals surface area contributed by atoms with E-state index < -0.39 is 0 Å². The first-order valence-electron chi connectivity index (χ1n) is 6.48. The number of aliphatic hydroxyl groups excluding tert-OH is 1. The number of halogens is 2. The van der Waals surface area contributed by atoms with Crippen LogP contribution in [-0.2, 0) is 7.05 Å². The summed E-state index contributed by atoms with van der Waals surface area (Å²) in [5, 5.41) is 9.87. The predicted molar refractivity (Wildman–Crippen MR) is 75.8 cm³/mol. The predicted octanol–water partition coefficient (Wildman–Crippen LogP) is 2.71. The lowest BCUT2D eigenvalue weighted by molar-refractivity contribution is 0.0565. The molecule has 1 saturated heterocycles. The standard InChI is InChI=1S/C13H18Cl2N2O2/c1-16-11(8-10(14)12(16)15)13(19)17-6-3-2-4-9(17)5-7-18/h8-9,18H,2-7H2,1H3.